The van der Waals surface area contributed by atoms with Crippen LogP contribution in [-0.2, 0) is 11.2 Å². The van der Waals surface area contributed by atoms with Crippen molar-refractivity contribution in [3.05, 3.63) is 42.1 Å². The van der Waals surface area contributed by atoms with Crippen molar-refractivity contribution in [3.63, 3.8) is 0 Å². The van der Waals surface area contributed by atoms with Crippen molar-refractivity contribution in [2.24, 2.45) is 0 Å². The van der Waals surface area contributed by atoms with Crippen LogP contribution in [0, 0.1) is 0 Å². The van der Waals surface area contributed by atoms with Crippen LogP contribution in [0.5, 0.6) is 0 Å². The number of fused-ring (bicyclic) bond motifs is 1. The highest BCUT2D eigenvalue weighted by Crippen LogP contribution is 2.22. The number of benzene rings is 1. The molecule has 0 bridgehead atoms. The summed E-state index contributed by atoms with van der Waals surface area (Å²) in [6.45, 7) is 0.930. The highest BCUT2D eigenvalue weighted by molar-refractivity contribution is 5.81. The molecule has 1 fully saturated rings. The minimum absolute atomic E-state index is 0.431. The Morgan fingerprint density at radius 3 is 3.05 bits per heavy atom. The van der Waals surface area contributed by atoms with E-state index in [1.807, 2.05) is 19.3 Å². The van der Waals surface area contributed by atoms with Crippen LogP contribution in [0.3, 0.4) is 0 Å². The number of ether oxygens (including phenoxy) is 1. The quantitative estimate of drug-likeness (QED) is 0.907. The van der Waals surface area contributed by atoms with Crippen molar-refractivity contribution in [3.8, 4) is 0 Å². The van der Waals surface area contributed by atoms with E-state index in [1.165, 1.54) is 23.8 Å². The molecule has 0 spiro atoms. The lowest BCUT2D eigenvalue weighted by molar-refractivity contribution is 0.0954. The lowest BCUT2D eigenvalue weighted by atomic mass is 9.97. The second-order valence-electron chi connectivity index (χ2n) is 5.55. The first-order valence-electron chi connectivity index (χ1n) is 7.48. The van der Waals surface area contributed by atoms with Crippen LogP contribution in [0.25, 0.3) is 10.9 Å². The van der Waals surface area contributed by atoms with E-state index in [4.69, 9.17) is 4.74 Å². The Hall–Kier alpha value is -1.45. The average Bonchev–Trinajstić information content (AvgIpc) is 3.00. The highest BCUT2D eigenvalue weighted by Gasteiger charge is 2.20. The van der Waals surface area contributed by atoms with Crippen LogP contribution in [0.1, 0.15) is 24.8 Å². The zero-order valence-electron chi connectivity index (χ0n) is 12.0. The first-order valence-corrected chi connectivity index (χ1v) is 7.48. The van der Waals surface area contributed by atoms with Gasteiger partial charge in [-0.25, -0.2) is 0 Å². The third-order valence-electron chi connectivity index (χ3n) is 4.19. The van der Waals surface area contributed by atoms with Crippen LogP contribution < -0.4 is 5.32 Å². The maximum Gasteiger partial charge on any atom is 0.0704 e. The molecule has 0 amide bonds. The smallest absolute Gasteiger partial charge is 0.0704 e. The first-order chi connectivity index (χ1) is 9.86. The molecule has 3 nitrogen and oxygen atoms in total. The minimum atomic E-state index is 0.431. The SMILES string of the molecule is CNC(Cc1ccnc2ccccc12)CC1CCCO1. The van der Waals surface area contributed by atoms with E-state index in [2.05, 4.69) is 34.6 Å². The molecule has 20 heavy (non-hydrogen) atoms. The van der Waals surface area contributed by atoms with Crippen LogP contribution in [0.4, 0.5) is 0 Å². The molecule has 2 heterocycles. The summed E-state index contributed by atoms with van der Waals surface area (Å²) in [5, 5.41) is 4.71. The average molecular weight is 270 g/mol. The number of hydrogen-bond donors (Lipinski definition) is 1. The van der Waals surface area contributed by atoms with Gasteiger partial charge in [-0.15, -0.1) is 0 Å². The topological polar surface area (TPSA) is 34.2 Å². The summed E-state index contributed by atoms with van der Waals surface area (Å²) in [5.41, 5.74) is 2.45. The van der Waals surface area contributed by atoms with Gasteiger partial charge in [-0.2, -0.15) is 0 Å². The van der Waals surface area contributed by atoms with Gasteiger partial charge in [0.15, 0.2) is 0 Å². The Bertz CT molecular complexity index is 558. The molecular formula is C17H22N2O. The summed E-state index contributed by atoms with van der Waals surface area (Å²) in [4.78, 5) is 4.43. The van der Waals surface area contributed by atoms with E-state index >= 15 is 0 Å². The normalized spacial score (nSPS) is 20.4. The Morgan fingerprint density at radius 2 is 2.25 bits per heavy atom. The van der Waals surface area contributed by atoms with Gasteiger partial charge in [-0.3, -0.25) is 4.98 Å². The molecular weight excluding hydrogens is 248 g/mol. The predicted octanol–water partition coefficient (Wildman–Crippen LogP) is 2.93. The molecule has 0 aliphatic carbocycles. The lowest BCUT2D eigenvalue weighted by Gasteiger charge is -2.20. The molecule has 1 aromatic heterocycles. The summed E-state index contributed by atoms with van der Waals surface area (Å²) in [5.74, 6) is 0. The number of pyridine rings is 1. The van der Waals surface area contributed by atoms with Gasteiger partial charge in [0, 0.05) is 24.2 Å². The van der Waals surface area contributed by atoms with Crippen LogP contribution in [0.2, 0.25) is 0 Å². The molecule has 1 aliphatic rings. The Labute approximate surface area is 120 Å². The number of nitrogens with one attached hydrogen (secondary N) is 1. The molecule has 2 atom stereocenters. The summed E-state index contributed by atoms with van der Waals surface area (Å²) in [6, 6.07) is 11.0. The molecule has 3 rings (SSSR count). The molecule has 0 saturated carbocycles. The van der Waals surface area contributed by atoms with Gasteiger partial charge >= 0.3 is 0 Å². The van der Waals surface area contributed by atoms with Crippen molar-refractivity contribution < 1.29 is 4.74 Å². The zero-order valence-corrected chi connectivity index (χ0v) is 12.0. The number of aromatic nitrogens is 1. The van der Waals surface area contributed by atoms with Crippen LogP contribution in [0.15, 0.2) is 36.5 Å². The largest absolute Gasteiger partial charge is 0.378 e. The van der Waals surface area contributed by atoms with Gasteiger partial charge in [0.25, 0.3) is 0 Å². The maximum absolute atomic E-state index is 5.76. The van der Waals surface area contributed by atoms with Crippen molar-refractivity contribution >= 4 is 10.9 Å². The standard InChI is InChI=1S/C17H22N2O/c1-18-14(12-15-5-4-10-20-15)11-13-8-9-19-17-7-3-2-6-16(13)17/h2-3,6-9,14-15,18H,4-5,10-12H2,1H3. The molecule has 1 aliphatic heterocycles. The van der Waals surface area contributed by atoms with Gasteiger partial charge in [-0.1, -0.05) is 18.2 Å². The number of para-hydroxylation sites is 1. The van der Waals surface area contributed by atoms with E-state index in [0.717, 1.165) is 25.0 Å². The fourth-order valence-electron chi connectivity index (χ4n) is 3.05. The number of likely N-dealkylation sites (N-methyl/N-ethyl adjacent to an activating group) is 1. The first kappa shape index (κ1) is 13.5. The van der Waals surface area contributed by atoms with E-state index in [9.17, 15) is 0 Å². The fourth-order valence-corrected chi connectivity index (χ4v) is 3.05. The Morgan fingerprint density at radius 1 is 1.35 bits per heavy atom. The number of nitrogens with zero attached hydrogens (tertiary/aromatic N) is 1. The number of hydrogen-bond acceptors (Lipinski definition) is 3. The van der Waals surface area contributed by atoms with E-state index in [-0.39, 0.29) is 0 Å². The second-order valence-corrected chi connectivity index (χ2v) is 5.55. The minimum Gasteiger partial charge on any atom is -0.378 e. The molecule has 2 aromatic rings. The monoisotopic (exact) mass is 270 g/mol. The predicted molar refractivity (Wildman–Crippen MR) is 81.9 cm³/mol. The van der Waals surface area contributed by atoms with Gasteiger partial charge in [0.05, 0.1) is 11.6 Å². The summed E-state index contributed by atoms with van der Waals surface area (Å²) >= 11 is 0. The lowest BCUT2D eigenvalue weighted by Crippen LogP contribution is -2.31. The van der Waals surface area contributed by atoms with E-state index < -0.39 is 0 Å². The van der Waals surface area contributed by atoms with Gasteiger partial charge in [0.1, 0.15) is 0 Å². The second kappa shape index (κ2) is 6.33. The summed E-state index contributed by atoms with van der Waals surface area (Å²) < 4.78 is 5.76. The zero-order chi connectivity index (χ0) is 13.8. The molecule has 1 aromatic carbocycles. The fraction of sp³-hybridized carbons (Fsp3) is 0.471. The molecule has 1 saturated heterocycles. The third-order valence-corrected chi connectivity index (χ3v) is 4.19. The highest BCUT2D eigenvalue weighted by atomic mass is 16.5. The summed E-state index contributed by atoms with van der Waals surface area (Å²) in [7, 11) is 2.04. The molecule has 1 N–H and O–H groups in total. The van der Waals surface area contributed by atoms with Gasteiger partial charge in [0.2, 0.25) is 0 Å². The summed E-state index contributed by atoms with van der Waals surface area (Å²) in [6.07, 6.45) is 6.87. The van der Waals surface area contributed by atoms with Crippen LogP contribution in [-0.4, -0.2) is 30.8 Å². The Balaban J connectivity index is 1.76. The third kappa shape index (κ3) is 3.00. The van der Waals surface area contributed by atoms with Crippen LogP contribution >= 0.6 is 0 Å². The maximum atomic E-state index is 5.76. The number of rotatable bonds is 5. The van der Waals surface area contributed by atoms with E-state index in [0.29, 0.717) is 12.1 Å². The van der Waals surface area contributed by atoms with Gasteiger partial charge < -0.3 is 10.1 Å². The molecule has 106 valence electrons. The van der Waals surface area contributed by atoms with Crippen molar-refractivity contribution in [2.45, 2.75) is 37.8 Å². The van der Waals surface area contributed by atoms with E-state index in [1.54, 1.807) is 0 Å². The van der Waals surface area contributed by atoms with Crippen molar-refractivity contribution in [2.75, 3.05) is 13.7 Å². The molecule has 3 heteroatoms. The van der Waals surface area contributed by atoms with Gasteiger partial charge in [-0.05, 0) is 50.4 Å². The van der Waals surface area contributed by atoms with Crippen molar-refractivity contribution in [1.29, 1.82) is 0 Å². The Kier molecular flexibility index (Phi) is 4.28. The molecule has 0 radical (unpaired) electrons. The molecule has 2 unspecified atom stereocenters. The van der Waals surface area contributed by atoms with Crippen molar-refractivity contribution in [1.82, 2.24) is 10.3 Å².